The molecule has 0 radical (unpaired) electrons. The molecular weight excluding hydrogens is 358 g/mol. The van der Waals surface area contributed by atoms with E-state index in [0.717, 1.165) is 24.5 Å². The van der Waals surface area contributed by atoms with Gasteiger partial charge < -0.3 is 9.47 Å². The molecular formula is C20H23N5O3. The van der Waals surface area contributed by atoms with E-state index in [-0.39, 0.29) is 18.3 Å². The number of aromatic nitrogens is 5. The van der Waals surface area contributed by atoms with Crippen LogP contribution in [0.15, 0.2) is 24.7 Å². The average molecular weight is 381 g/mol. The first kappa shape index (κ1) is 17.4. The summed E-state index contributed by atoms with van der Waals surface area (Å²) in [7, 11) is 1.79. The smallest absolute Gasteiger partial charge is 0.237 e. The molecule has 2 fully saturated rings. The fourth-order valence-electron chi connectivity index (χ4n) is 4.08. The summed E-state index contributed by atoms with van der Waals surface area (Å²) in [5.41, 5.74) is 2.23. The van der Waals surface area contributed by atoms with Crippen molar-refractivity contribution in [1.82, 2.24) is 24.1 Å². The highest BCUT2D eigenvalue weighted by Crippen LogP contribution is 2.57. The summed E-state index contributed by atoms with van der Waals surface area (Å²) >= 11 is 0. The van der Waals surface area contributed by atoms with Crippen molar-refractivity contribution in [2.24, 2.45) is 18.9 Å². The Kier molecular flexibility index (Phi) is 3.97. The highest BCUT2D eigenvalue weighted by molar-refractivity contribution is 5.95. The third-order valence-corrected chi connectivity index (χ3v) is 5.49. The highest BCUT2D eigenvalue weighted by Gasteiger charge is 2.55. The van der Waals surface area contributed by atoms with Crippen LogP contribution in [-0.4, -0.2) is 49.3 Å². The molecule has 2 unspecified atom stereocenters. The molecule has 3 aromatic heterocycles. The predicted octanol–water partition coefficient (Wildman–Crippen LogP) is 2.04. The molecule has 8 heteroatoms. The lowest BCUT2D eigenvalue weighted by Gasteiger charge is -2.12. The predicted molar refractivity (Wildman–Crippen MR) is 101 cm³/mol. The van der Waals surface area contributed by atoms with Crippen LogP contribution < -0.4 is 4.74 Å². The number of ether oxygens (including phenoxy) is 2. The van der Waals surface area contributed by atoms with E-state index < -0.39 is 0 Å². The molecule has 0 bridgehead atoms. The van der Waals surface area contributed by atoms with Gasteiger partial charge in [0, 0.05) is 43.5 Å². The largest absolute Gasteiger partial charge is 0.475 e. The topological polar surface area (TPSA) is 83.5 Å². The van der Waals surface area contributed by atoms with E-state index in [0.29, 0.717) is 35.1 Å². The first-order chi connectivity index (χ1) is 13.5. The van der Waals surface area contributed by atoms with Crippen molar-refractivity contribution in [3.63, 3.8) is 0 Å². The van der Waals surface area contributed by atoms with Crippen molar-refractivity contribution in [3.05, 3.63) is 41.6 Å². The molecule has 0 spiro atoms. The number of aryl methyl sites for hydroxylation is 1. The van der Waals surface area contributed by atoms with Crippen LogP contribution in [-0.2, 0) is 18.2 Å². The van der Waals surface area contributed by atoms with Crippen LogP contribution in [0.2, 0.25) is 0 Å². The Labute approximate surface area is 162 Å². The minimum Gasteiger partial charge on any atom is -0.475 e. The van der Waals surface area contributed by atoms with Crippen molar-refractivity contribution in [1.29, 1.82) is 0 Å². The number of hydrogen-bond donors (Lipinski definition) is 0. The van der Waals surface area contributed by atoms with Gasteiger partial charge in [-0.2, -0.15) is 10.1 Å². The van der Waals surface area contributed by atoms with E-state index in [1.54, 1.807) is 24.0 Å². The van der Waals surface area contributed by atoms with Gasteiger partial charge in [-0.3, -0.25) is 13.9 Å². The maximum atomic E-state index is 12.7. The third kappa shape index (κ3) is 2.97. The number of ketones is 1. The van der Waals surface area contributed by atoms with Crippen LogP contribution in [0.1, 0.15) is 41.5 Å². The number of fused-ring (bicyclic) bond motifs is 2. The number of Topliss-reactive ketones (excluding diaryl/α,β-unsaturated/α-hetero) is 1. The Morgan fingerprint density at radius 1 is 1.29 bits per heavy atom. The summed E-state index contributed by atoms with van der Waals surface area (Å²) < 4.78 is 14.9. The molecule has 0 aromatic carbocycles. The van der Waals surface area contributed by atoms with E-state index in [1.807, 2.05) is 30.6 Å². The van der Waals surface area contributed by atoms with Gasteiger partial charge in [0.05, 0.1) is 25.0 Å². The Morgan fingerprint density at radius 3 is 2.75 bits per heavy atom. The second kappa shape index (κ2) is 6.41. The molecule has 5 rings (SSSR count). The van der Waals surface area contributed by atoms with Crippen molar-refractivity contribution in [3.8, 4) is 5.88 Å². The maximum absolute atomic E-state index is 12.7. The van der Waals surface area contributed by atoms with E-state index in [1.165, 1.54) is 0 Å². The Balaban J connectivity index is 1.48. The van der Waals surface area contributed by atoms with Gasteiger partial charge in [-0.15, -0.1) is 0 Å². The van der Waals surface area contributed by atoms with E-state index >= 15 is 0 Å². The van der Waals surface area contributed by atoms with Gasteiger partial charge in [0.25, 0.3) is 0 Å². The second-order valence-corrected chi connectivity index (χ2v) is 7.98. The molecule has 4 heterocycles. The Hall–Kier alpha value is -2.74. The van der Waals surface area contributed by atoms with Gasteiger partial charge in [0.1, 0.15) is 5.69 Å². The van der Waals surface area contributed by atoms with Crippen LogP contribution in [0.25, 0.3) is 5.78 Å². The maximum Gasteiger partial charge on any atom is 0.237 e. The van der Waals surface area contributed by atoms with Crippen LogP contribution in [0.4, 0.5) is 0 Å². The van der Waals surface area contributed by atoms with Gasteiger partial charge in [-0.1, -0.05) is 0 Å². The second-order valence-electron chi connectivity index (χ2n) is 7.98. The number of carbonyl (C=O) groups excluding carboxylic acids is 1. The fraction of sp³-hybridized carbons (Fsp3) is 0.500. The number of imidazole rings is 1. The zero-order valence-corrected chi connectivity index (χ0v) is 16.2. The molecule has 28 heavy (non-hydrogen) atoms. The molecule has 0 amide bonds. The summed E-state index contributed by atoms with van der Waals surface area (Å²) in [4.78, 5) is 22.0. The number of carbonyl (C=O) groups is 1. The standard InChI is InChI=1S/C20H23N5O3/c1-11(2)28-19-12(6-17(26)15-4-5-24(3)23-15)7-25-8-16(21-20(25)22-19)18-13-9-27-10-14(13)18/h4-5,7-8,11,13-14,18H,6,9-10H2,1-3H3. The lowest BCUT2D eigenvalue weighted by molar-refractivity contribution is 0.0985. The highest BCUT2D eigenvalue weighted by atomic mass is 16.5. The molecule has 1 saturated carbocycles. The minimum atomic E-state index is -0.0652. The zero-order valence-electron chi connectivity index (χ0n) is 16.2. The Morgan fingerprint density at radius 2 is 2.07 bits per heavy atom. The van der Waals surface area contributed by atoms with Crippen molar-refractivity contribution in [2.75, 3.05) is 13.2 Å². The molecule has 1 aliphatic carbocycles. The minimum absolute atomic E-state index is 0.0481. The first-order valence-electron chi connectivity index (χ1n) is 9.65. The monoisotopic (exact) mass is 381 g/mol. The van der Waals surface area contributed by atoms with Crippen molar-refractivity contribution >= 4 is 11.6 Å². The van der Waals surface area contributed by atoms with Crippen LogP contribution in [0.3, 0.4) is 0 Å². The number of hydrogen-bond acceptors (Lipinski definition) is 6. The van der Waals surface area contributed by atoms with Crippen LogP contribution in [0, 0.1) is 11.8 Å². The van der Waals surface area contributed by atoms with E-state index in [9.17, 15) is 4.79 Å². The van der Waals surface area contributed by atoms with E-state index in [4.69, 9.17) is 14.5 Å². The molecule has 146 valence electrons. The SMILES string of the molecule is CC(C)Oc1nc2nc(C3C4COCC43)cn2cc1CC(=O)c1ccn(C)n1. The summed E-state index contributed by atoms with van der Waals surface area (Å²) in [5.74, 6) is 2.63. The molecule has 1 saturated heterocycles. The normalized spacial score (nSPS) is 23.4. The molecule has 8 nitrogen and oxygen atoms in total. The summed E-state index contributed by atoms with van der Waals surface area (Å²) in [5, 5.41) is 4.20. The molecule has 3 aromatic rings. The van der Waals surface area contributed by atoms with Crippen molar-refractivity contribution in [2.45, 2.75) is 32.3 Å². The summed E-state index contributed by atoms with van der Waals surface area (Å²) in [6.07, 6.45) is 5.83. The van der Waals surface area contributed by atoms with Crippen LogP contribution >= 0.6 is 0 Å². The van der Waals surface area contributed by atoms with Gasteiger partial charge >= 0.3 is 0 Å². The van der Waals surface area contributed by atoms with Gasteiger partial charge in [-0.05, 0) is 31.7 Å². The van der Waals surface area contributed by atoms with Gasteiger partial charge in [0.15, 0.2) is 5.78 Å². The first-order valence-corrected chi connectivity index (χ1v) is 9.65. The Bertz CT molecular complexity index is 1040. The van der Waals surface area contributed by atoms with Gasteiger partial charge in [0.2, 0.25) is 11.7 Å². The lowest BCUT2D eigenvalue weighted by Crippen LogP contribution is -2.13. The summed E-state index contributed by atoms with van der Waals surface area (Å²) in [6.45, 7) is 5.53. The molecule has 0 N–H and O–H groups in total. The molecule has 2 atom stereocenters. The van der Waals surface area contributed by atoms with Crippen LogP contribution in [0.5, 0.6) is 5.88 Å². The quantitative estimate of drug-likeness (QED) is 0.608. The summed E-state index contributed by atoms with van der Waals surface area (Å²) in [6, 6.07) is 1.72. The molecule has 1 aliphatic heterocycles. The lowest BCUT2D eigenvalue weighted by atomic mass is 10.1. The third-order valence-electron chi connectivity index (χ3n) is 5.49. The van der Waals surface area contributed by atoms with Gasteiger partial charge in [-0.25, -0.2) is 4.98 Å². The van der Waals surface area contributed by atoms with E-state index in [2.05, 4.69) is 10.1 Å². The average Bonchev–Trinajstić information content (AvgIpc) is 3.09. The zero-order chi connectivity index (χ0) is 19.4. The number of rotatable bonds is 6. The fourth-order valence-corrected chi connectivity index (χ4v) is 4.08. The molecule has 2 aliphatic rings. The number of nitrogens with zero attached hydrogens (tertiary/aromatic N) is 5. The van der Waals surface area contributed by atoms with Crippen molar-refractivity contribution < 1.29 is 14.3 Å².